The molecule has 3 heterocycles. The van der Waals surface area contributed by atoms with Crippen LogP contribution in [0.2, 0.25) is 0 Å². The van der Waals surface area contributed by atoms with Crippen LogP contribution in [-0.2, 0) is 11.2 Å². The van der Waals surface area contributed by atoms with Crippen LogP contribution < -0.4 is 19.5 Å². The molecule has 2 aromatic carbocycles. The first-order valence-corrected chi connectivity index (χ1v) is 9.75. The molecule has 3 aliphatic heterocycles. The van der Waals surface area contributed by atoms with E-state index in [-0.39, 0.29) is 18.7 Å². The van der Waals surface area contributed by atoms with E-state index >= 15 is 0 Å². The van der Waals surface area contributed by atoms with Gasteiger partial charge in [0.05, 0.1) is 19.6 Å². The zero-order chi connectivity index (χ0) is 19.1. The Bertz CT molecular complexity index is 883. The Hall–Kier alpha value is -2.73. The number of amides is 1. The number of fused-ring (bicyclic) bond motifs is 2. The molecule has 6 heteroatoms. The van der Waals surface area contributed by atoms with Crippen molar-refractivity contribution in [3.63, 3.8) is 0 Å². The molecule has 3 aliphatic rings. The zero-order valence-electron chi connectivity index (χ0n) is 15.9. The molecule has 0 saturated carbocycles. The van der Waals surface area contributed by atoms with Crippen LogP contribution in [0.1, 0.15) is 17.2 Å². The van der Waals surface area contributed by atoms with E-state index < -0.39 is 0 Å². The number of hydrogen-bond donors (Lipinski definition) is 1. The van der Waals surface area contributed by atoms with Crippen LogP contribution in [0.25, 0.3) is 0 Å². The van der Waals surface area contributed by atoms with Gasteiger partial charge in [-0.2, -0.15) is 0 Å². The highest BCUT2D eigenvalue weighted by molar-refractivity contribution is 5.80. The number of nitrogens with zero attached hydrogens (tertiary/aromatic N) is 1. The molecular weight excluding hydrogens is 356 g/mol. The predicted molar refractivity (Wildman–Crippen MR) is 104 cm³/mol. The van der Waals surface area contributed by atoms with Crippen LogP contribution in [0.5, 0.6) is 17.2 Å². The minimum atomic E-state index is 0.104. The third-order valence-electron chi connectivity index (χ3n) is 6.13. The third kappa shape index (κ3) is 2.98. The Morgan fingerprint density at radius 2 is 1.96 bits per heavy atom. The molecule has 1 amide bonds. The van der Waals surface area contributed by atoms with Crippen molar-refractivity contribution in [2.24, 2.45) is 11.8 Å². The summed E-state index contributed by atoms with van der Waals surface area (Å²) >= 11 is 0. The van der Waals surface area contributed by atoms with Gasteiger partial charge in [0.2, 0.25) is 12.7 Å². The van der Waals surface area contributed by atoms with Crippen LogP contribution >= 0.6 is 0 Å². The summed E-state index contributed by atoms with van der Waals surface area (Å²) in [6.07, 6.45) is 0.371. The quantitative estimate of drug-likeness (QED) is 0.883. The van der Waals surface area contributed by atoms with Gasteiger partial charge < -0.3 is 24.4 Å². The maximum absolute atomic E-state index is 13.3. The summed E-state index contributed by atoms with van der Waals surface area (Å²) in [6, 6.07) is 14.0. The van der Waals surface area contributed by atoms with Gasteiger partial charge in [0.1, 0.15) is 5.75 Å². The number of benzene rings is 2. The fourth-order valence-electron chi connectivity index (χ4n) is 4.73. The second-order valence-corrected chi connectivity index (χ2v) is 7.71. The molecule has 0 radical (unpaired) electrons. The molecule has 6 nitrogen and oxygen atoms in total. The second kappa shape index (κ2) is 7.02. The highest BCUT2D eigenvalue weighted by Gasteiger charge is 2.46. The molecule has 0 spiro atoms. The summed E-state index contributed by atoms with van der Waals surface area (Å²) in [5, 5.41) is 3.49. The highest BCUT2D eigenvalue weighted by Crippen LogP contribution is 2.43. The van der Waals surface area contributed by atoms with Crippen molar-refractivity contribution in [1.82, 2.24) is 10.2 Å². The lowest BCUT2D eigenvalue weighted by Gasteiger charge is -2.28. The molecule has 0 unspecified atom stereocenters. The van der Waals surface area contributed by atoms with Gasteiger partial charge >= 0.3 is 0 Å². The Morgan fingerprint density at radius 3 is 2.79 bits per heavy atom. The standard InChI is InChI=1S/C22H24N2O4/c1-26-17-5-3-15(4-6-17)22-18-11-23-10-16(18)12-24(22)21(25)9-14-2-7-19-20(8-14)28-13-27-19/h2-8,16,18,22-23H,9-13H2,1H3/t16-,18-,22+/m0/s1. The van der Waals surface area contributed by atoms with E-state index in [1.54, 1.807) is 7.11 Å². The largest absolute Gasteiger partial charge is 0.497 e. The van der Waals surface area contributed by atoms with Crippen molar-refractivity contribution in [2.75, 3.05) is 33.5 Å². The van der Waals surface area contributed by atoms with Gasteiger partial charge in [-0.15, -0.1) is 0 Å². The van der Waals surface area contributed by atoms with Crippen LogP contribution in [0.4, 0.5) is 0 Å². The number of ether oxygens (including phenoxy) is 3. The molecule has 2 saturated heterocycles. The third-order valence-corrected chi connectivity index (χ3v) is 6.13. The fraction of sp³-hybridized carbons (Fsp3) is 0.409. The van der Waals surface area contributed by atoms with Crippen molar-refractivity contribution in [2.45, 2.75) is 12.5 Å². The normalized spacial score (nSPS) is 25.0. The Kier molecular flexibility index (Phi) is 4.36. The van der Waals surface area contributed by atoms with E-state index in [0.29, 0.717) is 18.3 Å². The highest BCUT2D eigenvalue weighted by atomic mass is 16.7. The van der Waals surface area contributed by atoms with Crippen molar-refractivity contribution in [1.29, 1.82) is 0 Å². The van der Waals surface area contributed by atoms with Crippen LogP contribution in [0, 0.1) is 11.8 Å². The van der Waals surface area contributed by atoms with Crippen LogP contribution in [0.15, 0.2) is 42.5 Å². The predicted octanol–water partition coefficient (Wildman–Crippen LogP) is 2.39. The Balaban J connectivity index is 1.39. The molecule has 2 aromatic rings. The van der Waals surface area contributed by atoms with Gasteiger partial charge in [0.15, 0.2) is 11.5 Å². The summed E-state index contributed by atoms with van der Waals surface area (Å²) in [5.41, 5.74) is 2.13. The summed E-state index contributed by atoms with van der Waals surface area (Å²) in [6.45, 7) is 2.98. The van der Waals surface area contributed by atoms with E-state index in [0.717, 1.165) is 42.4 Å². The molecule has 1 N–H and O–H groups in total. The maximum Gasteiger partial charge on any atom is 0.231 e. The topological polar surface area (TPSA) is 60.0 Å². The number of nitrogens with one attached hydrogen (secondary N) is 1. The second-order valence-electron chi connectivity index (χ2n) is 7.71. The Labute approximate surface area is 164 Å². The van der Waals surface area contributed by atoms with E-state index in [2.05, 4.69) is 22.3 Å². The molecule has 146 valence electrons. The monoisotopic (exact) mass is 380 g/mol. The number of carbonyl (C=O) groups is 1. The minimum absolute atomic E-state index is 0.104. The van der Waals surface area contributed by atoms with E-state index in [4.69, 9.17) is 14.2 Å². The lowest BCUT2D eigenvalue weighted by Crippen LogP contribution is -2.35. The molecule has 28 heavy (non-hydrogen) atoms. The average Bonchev–Trinajstić information content (AvgIpc) is 3.43. The van der Waals surface area contributed by atoms with Crippen molar-refractivity contribution in [3.05, 3.63) is 53.6 Å². The first kappa shape index (κ1) is 17.4. The first-order valence-electron chi connectivity index (χ1n) is 9.75. The number of likely N-dealkylation sites (tertiary alicyclic amines) is 1. The van der Waals surface area contributed by atoms with Crippen LogP contribution in [0.3, 0.4) is 0 Å². The molecular formula is C22H24N2O4. The number of rotatable bonds is 4. The van der Waals surface area contributed by atoms with Crippen molar-refractivity contribution < 1.29 is 19.0 Å². The number of hydrogen-bond acceptors (Lipinski definition) is 5. The average molecular weight is 380 g/mol. The van der Waals surface area contributed by atoms with Gasteiger partial charge in [-0.05, 0) is 41.3 Å². The summed E-state index contributed by atoms with van der Waals surface area (Å²) in [4.78, 5) is 15.3. The maximum atomic E-state index is 13.3. The fourth-order valence-corrected chi connectivity index (χ4v) is 4.73. The van der Waals surface area contributed by atoms with Crippen molar-refractivity contribution >= 4 is 5.91 Å². The van der Waals surface area contributed by atoms with Gasteiger partial charge in [0.25, 0.3) is 0 Å². The van der Waals surface area contributed by atoms with Gasteiger partial charge in [-0.1, -0.05) is 18.2 Å². The summed E-state index contributed by atoms with van der Waals surface area (Å²) in [5.74, 6) is 3.42. The van der Waals surface area contributed by atoms with E-state index in [1.165, 1.54) is 5.56 Å². The molecule has 0 aromatic heterocycles. The zero-order valence-corrected chi connectivity index (χ0v) is 15.9. The molecule has 3 atom stereocenters. The lowest BCUT2D eigenvalue weighted by atomic mass is 9.89. The molecule has 0 aliphatic carbocycles. The van der Waals surface area contributed by atoms with Crippen LogP contribution in [-0.4, -0.2) is 44.3 Å². The smallest absolute Gasteiger partial charge is 0.231 e. The number of methoxy groups -OCH3 is 1. The lowest BCUT2D eigenvalue weighted by molar-refractivity contribution is -0.131. The van der Waals surface area contributed by atoms with Gasteiger partial charge in [-0.3, -0.25) is 4.79 Å². The first-order chi connectivity index (χ1) is 13.7. The SMILES string of the molecule is COc1ccc([C@@H]2[C@H]3CNC[C@H]3CN2C(=O)Cc2ccc3c(c2)OCO3)cc1. The Morgan fingerprint density at radius 1 is 1.14 bits per heavy atom. The summed E-state index contributed by atoms with van der Waals surface area (Å²) in [7, 11) is 1.67. The summed E-state index contributed by atoms with van der Waals surface area (Å²) < 4.78 is 16.1. The van der Waals surface area contributed by atoms with Gasteiger partial charge in [0, 0.05) is 25.6 Å². The molecule has 0 bridgehead atoms. The van der Waals surface area contributed by atoms with Gasteiger partial charge in [-0.25, -0.2) is 0 Å². The van der Waals surface area contributed by atoms with E-state index in [9.17, 15) is 4.79 Å². The van der Waals surface area contributed by atoms with E-state index in [1.807, 2.05) is 30.3 Å². The molecule has 2 fully saturated rings. The number of carbonyl (C=O) groups excluding carboxylic acids is 1. The van der Waals surface area contributed by atoms with Crippen molar-refractivity contribution in [3.8, 4) is 17.2 Å². The molecule has 5 rings (SSSR count). The minimum Gasteiger partial charge on any atom is -0.497 e.